The van der Waals surface area contributed by atoms with E-state index < -0.39 is 0 Å². The highest BCUT2D eigenvalue weighted by Gasteiger charge is 2.07. The molecular weight excluding hydrogens is 148 g/mol. The van der Waals surface area contributed by atoms with E-state index >= 15 is 0 Å². The van der Waals surface area contributed by atoms with Gasteiger partial charge in [-0.05, 0) is 5.92 Å². The topological polar surface area (TPSA) is 9.23 Å². The molecule has 0 aromatic carbocycles. The molecule has 0 aliphatic carbocycles. The molecule has 0 bridgehead atoms. The van der Waals surface area contributed by atoms with Gasteiger partial charge in [0.25, 0.3) is 0 Å². The van der Waals surface area contributed by atoms with Gasteiger partial charge in [-0.2, -0.15) is 0 Å². The Morgan fingerprint density at radius 2 is 2.08 bits per heavy atom. The van der Waals surface area contributed by atoms with Crippen molar-refractivity contribution in [2.24, 2.45) is 5.92 Å². The summed E-state index contributed by atoms with van der Waals surface area (Å²) in [6.07, 6.45) is 2.86. The number of rotatable bonds is 4. The maximum absolute atomic E-state index is 5.46. The van der Waals surface area contributed by atoms with E-state index in [1.807, 2.05) is 13.0 Å². The minimum absolute atomic E-state index is 0.135. The smallest absolute Gasteiger partial charge is 0.108 e. The van der Waals surface area contributed by atoms with E-state index in [4.69, 9.17) is 4.74 Å². The molecule has 0 aromatic heterocycles. The van der Waals surface area contributed by atoms with Gasteiger partial charge in [0.1, 0.15) is 6.61 Å². The van der Waals surface area contributed by atoms with Crippen LogP contribution in [-0.4, -0.2) is 12.7 Å². The molecule has 0 N–H and O–H groups in total. The molecule has 0 spiro atoms. The van der Waals surface area contributed by atoms with E-state index in [1.165, 1.54) is 0 Å². The van der Waals surface area contributed by atoms with E-state index in [9.17, 15) is 0 Å². The van der Waals surface area contributed by atoms with Crippen molar-refractivity contribution in [2.75, 3.05) is 6.61 Å². The van der Waals surface area contributed by atoms with Crippen molar-refractivity contribution >= 4 is 0 Å². The van der Waals surface area contributed by atoms with Crippen LogP contribution in [0.1, 0.15) is 27.2 Å². The molecule has 1 unspecified atom stereocenters. The van der Waals surface area contributed by atoms with Crippen LogP contribution in [0, 0.1) is 17.8 Å². The summed E-state index contributed by atoms with van der Waals surface area (Å²) in [6, 6.07) is 0. The number of ether oxygens (including phenoxy) is 1. The van der Waals surface area contributed by atoms with Crippen molar-refractivity contribution in [3.63, 3.8) is 0 Å². The first kappa shape index (κ1) is 11.3. The zero-order valence-corrected chi connectivity index (χ0v) is 8.26. The van der Waals surface area contributed by atoms with Gasteiger partial charge in [-0.3, -0.25) is 0 Å². The normalized spacial score (nSPS) is 12.0. The number of hydrogen-bond donors (Lipinski definition) is 0. The fourth-order valence-electron chi connectivity index (χ4n) is 0.847. The molecule has 0 amide bonds. The van der Waals surface area contributed by atoms with Crippen LogP contribution in [-0.2, 0) is 4.74 Å². The van der Waals surface area contributed by atoms with Crippen molar-refractivity contribution < 1.29 is 4.74 Å². The molecule has 0 saturated carbocycles. The van der Waals surface area contributed by atoms with Gasteiger partial charge in [0.05, 0.1) is 6.10 Å². The van der Waals surface area contributed by atoms with Crippen molar-refractivity contribution in [1.82, 2.24) is 0 Å². The fourth-order valence-corrected chi connectivity index (χ4v) is 0.847. The summed E-state index contributed by atoms with van der Waals surface area (Å²) in [4.78, 5) is 0. The Hall–Kier alpha value is -0.740. The highest BCUT2D eigenvalue weighted by Crippen LogP contribution is 2.06. The quantitative estimate of drug-likeness (QED) is 0.461. The summed E-state index contributed by atoms with van der Waals surface area (Å²) in [5.74, 6) is 6.37. The Labute approximate surface area is 75.8 Å². The van der Waals surface area contributed by atoms with Crippen molar-refractivity contribution in [2.45, 2.75) is 33.3 Å². The van der Waals surface area contributed by atoms with Crippen LogP contribution in [0.15, 0.2) is 12.7 Å². The molecular formula is C11H18O. The van der Waals surface area contributed by atoms with Crippen LogP contribution in [0.3, 0.4) is 0 Å². The largest absolute Gasteiger partial charge is 0.361 e. The summed E-state index contributed by atoms with van der Waals surface area (Å²) in [7, 11) is 0. The minimum atomic E-state index is 0.135. The third kappa shape index (κ3) is 4.98. The Balaban J connectivity index is 3.65. The molecule has 1 heteroatoms. The lowest BCUT2D eigenvalue weighted by atomic mass is 10.1. The van der Waals surface area contributed by atoms with Crippen LogP contribution in [0.25, 0.3) is 0 Å². The van der Waals surface area contributed by atoms with Gasteiger partial charge in [0.2, 0.25) is 0 Å². The summed E-state index contributed by atoms with van der Waals surface area (Å²) in [5, 5.41) is 0. The lowest BCUT2D eigenvalue weighted by Crippen LogP contribution is -2.16. The van der Waals surface area contributed by atoms with Crippen LogP contribution >= 0.6 is 0 Å². The van der Waals surface area contributed by atoms with Crippen LogP contribution in [0.4, 0.5) is 0 Å². The van der Waals surface area contributed by atoms with Gasteiger partial charge in [0, 0.05) is 6.42 Å². The second-order valence-electron chi connectivity index (χ2n) is 2.96. The first-order valence-corrected chi connectivity index (χ1v) is 4.42. The van der Waals surface area contributed by atoms with Gasteiger partial charge < -0.3 is 4.74 Å². The second-order valence-corrected chi connectivity index (χ2v) is 2.96. The molecule has 0 aliphatic heterocycles. The van der Waals surface area contributed by atoms with E-state index in [0.29, 0.717) is 12.5 Å². The lowest BCUT2D eigenvalue weighted by Gasteiger charge is -2.15. The van der Waals surface area contributed by atoms with Gasteiger partial charge in [-0.15, -0.1) is 12.5 Å². The standard InChI is InChI=1S/C11H18O/c1-5-7-8-9-12-11(6-2)10(3)4/h6,10-11H,2,5,9H2,1,3-4H3. The first-order chi connectivity index (χ1) is 5.72. The van der Waals surface area contributed by atoms with Gasteiger partial charge >= 0.3 is 0 Å². The predicted octanol–water partition coefficient (Wildman–Crippen LogP) is 2.63. The van der Waals surface area contributed by atoms with Crippen molar-refractivity contribution in [3.05, 3.63) is 12.7 Å². The predicted molar refractivity (Wildman–Crippen MR) is 52.8 cm³/mol. The Morgan fingerprint density at radius 1 is 1.42 bits per heavy atom. The number of hydrogen-bond acceptors (Lipinski definition) is 1. The third-order valence-electron chi connectivity index (χ3n) is 1.54. The maximum Gasteiger partial charge on any atom is 0.108 e. The third-order valence-corrected chi connectivity index (χ3v) is 1.54. The Kier molecular flexibility index (Phi) is 6.51. The van der Waals surface area contributed by atoms with E-state index in [-0.39, 0.29) is 6.10 Å². The molecule has 0 rings (SSSR count). The molecule has 1 nitrogen and oxygen atoms in total. The molecule has 1 atom stereocenters. The fraction of sp³-hybridized carbons (Fsp3) is 0.636. The SMILES string of the molecule is C=CC(OCC#CCC)C(C)C. The monoisotopic (exact) mass is 166 g/mol. The highest BCUT2D eigenvalue weighted by molar-refractivity contribution is 4.98. The average Bonchev–Trinajstić information content (AvgIpc) is 2.04. The van der Waals surface area contributed by atoms with E-state index in [1.54, 1.807) is 0 Å². The van der Waals surface area contributed by atoms with Crippen LogP contribution in [0.5, 0.6) is 0 Å². The van der Waals surface area contributed by atoms with E-state index in [0.717, 1.165) is 6.42 Å². The summed E-state index contributed by atoms with van der Waals surface area (Å²) in [5.41, 5.74) is 0. The van der Waals surface area contributed by atoms with Gasteiger partial charge in [-0.25, -0.2) is 0 Å². The molecule has 0 saturated heterocycles. The molecule has 0 fully saturated rings. The van der Waals surface area contributed by atoms with Crippen LogP contribution < -0.4 is 0 Å². The molecule has 0 heterocycles. The molecule has 12 heavy (non-hydrogen) atoms. The summed E-state index contributed by atoms with van der Waals surface area (Å²) < 4.78 is 5.46. The Bertz CT molecular complexity index is 171. The van der Waals surface area contributed by atoms with E-state index in [2.05, 4.69) is 32.3 Å². The summed E-state index contributed by atoms with van der Waals surface area (Å²) in [6.45, 7) is 10.5. The van der Waals surface area contributed by atoms with Crippen LogP contribution in [0.2, 0.25) is 0 Å². The zero-order chi connectivity index (χ0) is 9.40. The summed E-state index contributed by atoms with van der Waals surface area (Å²) >= 11 is 0. The van der Waals surface area contributed by atoms with Gasteiger partial charge in [0.15, 0.2) is 0 Å². The zero-order valence-electron chi connectivity index (χ0n) is 8.26. The molecule has 68 valence electrons. The second kappa shape index (κ2) is 6.94. The Morgan fingerprint density at radius 3 is 2.50 bits per heavy atom. The minimum Gasteiger partial charge on any atom is -0.361 e. The maximum atomic E-state index is 5.46. The van der Waals surface area contributed by atoms with Gasteiger partial charge in [-0.1, -0.05) is 32.8 Å². The average molecular weight is 166 g/mol. The van der Waals surface area contributed by atoms with Crippen molar-refractivity contribution in [1.29, 1.82) is 0 Å². The first-order valence-electron chi connectivity index (χ1n) is 4.42. The molecule has 0 aromatic rings. The van der Waals surface area contributed by atoms with Crippen molar-refractivity contribution in [3.8, 4) is 11.8 Å². The lowest BCUT2D eigenvalue weighted by molar-refractivity contribution is 0.0796. The highest BCUT2D eigenvalue weighted by atomic mass is 16.5. The molecule has 0 radical (unpaired) electrons. The molecule has 0 aliphatic rings.